The van der Waals surface area contributed by atoms with Gasteiger partial charge in [-0.2, -0.15) is 0 Å². The SMILES string of the molecule is Cc1ccc(C(=O)NCc2cc3nc(N4CC[C@@H](c5cccnc5)C4)ccc3cn2)cc1S(C)(=O)=O. The minimum atomic E-state index is -3.42. The van der Waals surface area contributed by atoms with E-state index in [1.165, 1.54) is 11.6 Å². The van der Waals surface area contributed by atoms with E-state index in [1.54, 1.807) is 31.5 Å². The number of anilines is 1. The number of aromatic nitrogens is 3. The van der Waals surface area contributed by atoms with Gasteiger partial charge in [0.2, 0.25) is 0 Å². The van der Waals surface area contributed by atoms with E-state index in [0.29, 0.717) is 22.7 Å². The number of hydrogen-bond donors (Lipinski definition) is 1. The largest absolute Gasteiger partial charge is 0.356 e. The van der Waals surface area contributed by atoms with Gasteiger partial charge in [-0.3, -0.25) is 14.8 Å². The third-order valence-electron chi connectivity index (χ3n) is 6.56. The Morgan fingerprint density at radius 1 is 1.14 bits per heavy atom. The highest BCUT2D eigenvalue weighted by Gasteiger charge is 2.25. The number of benzene rings is 1. The van der Waals surface area contributed by atoms with Gasteiger partial charge in [-0.15, -0.1) is 0 Å². The molecule has 0 radical (unpaired) electrons. The van der Waals surface area contributed by atoms with Gasteiger partial charge in [0.25, 0.3) is 5.91 Å². The first-order valence-corrected chi connectivity index (χ1v) is 13.7. The maximum Gasteiger partial charge on any atom is 0.251 e. The predicted octanol–water partition coefficient (Wildman–Crippen LogP) is 3.66. The minimum Gasteiger partial charge on any atom is -0.356 e. The summed E-state index contributed by atoms with van der Waals surface area (Å²) < 4.78 is 24.0. The zero-order valence-corrected chi connectivity index (χ0v) is 21.0. The fraction of sp³-hybridized carbons (Fsp3) is 0.259. The Labute approximate surface area is 210 Å². The number of hydrogen-bond acceptors (Lipinski definition) is 7. The van der Waals surface area contributed by atoms with Crippen molar-refractivity contribution in [2.24, 2.45) is 0 Å². The van der Waals surface area contributed by atoms with Crippen LogP contribution in [0.5, 0.6) is 0 Å². The molecule has 1 fully saturated rings. The lowest BCUT2D eigenvalue weighted by Gasteiger charge is -2.18. The molecule has 1 atom stereocenters. The monoisotopic (exact) mass is 501 g/mol. The Balaban J connectivity index is 1.29. The van der Waals surface area contributed by atoms with E-state index in [-0.39, 0.29) is 17.3 Å². The second-order valence-electron chi connectivity index (χ2n) is 9.19. The molecule has 1 saturated heterocycles. The van der Waals surface area contributed by atoms with Gasteiger partial charge >= 0.3 is 0 Å². The molecule has 1 aliphatic heterocycles. The highest BCUT2D eigenvalue weighted by molar-refractivity contribution is 7.90. The van der Waals surface area contributed by atoms with Crippen molar-refractivity contribution in [3.63, 3.8) is 0 Å². The summed E-state index contributed by atoms with van der Waals surface area (Å²) in [5.41, 5.74) is 3.63. The van der Waals surface area contributed by atoms with E-state index in [1.807, 2.05) is 30.5 Å². The minimum absolute atomic E-state index is 0.156. The molecule has 5 rings (SSSR count). The first-order valence-electron chi connectivity index (χ1n) is 11.8. The summed E-state index contributed by atoms with van der Waals surface area (Å²) >= 11 is 0. The fourth-order valence-corrected chi connectivity index (χ4v) is 5.59. The first kappa shape index (κ1) is 23.9. The van der Waals surface area contributed by atoms with Crippen molar-refractivity contribution in [1.82, 2.24) is 20.3 Å². The second-order valence-corrected chi connectivity index (χ2v) is 11.2. The molecule has 184 valence electrons. The summed E-state index contributed by atoms with van der Waals surface area (Å²) in [5.74, 6) is 0.995. The van der Waals surface area contributed by atoms with E-state index in [2.05, 4.69) is 26.3 Å². The maximum absolute atomic E-state index is 12.7. The van der Waals surface area contributed by atoms with Gasteiger partial charge in [0.1, 0.15) is 5.82 Å². The van der Waals surface area contributed by atoms with Gasteiger partial charge in [0.15, 0.2) is 9.84 Å². The van der Waals surface area contributed by atoms with E-state index < -0.39 is 9.84 Å². The number of amides is 1. The molecule has 0 saturated carbocycles. The van der Waals surface area contributed by atoms with Crippen molar-refractivity contribution in [3.8, 4) is 0 Å². The van der Waals surface area contributed by atoms with Crippen LogP contribution in [0.1, 0.15) is 39.5 Å². The number of nitrogens with one attached hydrogen (secondary N) is 1. The fourth-order valence-electron chi connectivity index (χ4n) is 4.59. The number of nitrogens with zero attached hydrogens (tertiary/aromatic N) is 4. The molecule has 1 amide bonds. The molecule has 4 heterocycles. The van der Waals surface area contributed by atoms with E-state index in [9.17, 15) is 13.2 Å². The average Bonchev–Trinajstić information content (AvgIpc) is 3.37. The normalized spacial score (nSPS) is 15.8. The topological polar surface area (TPSA) is 105 Å². The standard InChI is InChI=1S/C27H27N5O3S/c1-18-5-6-19(12-25(18)36(2,34)35)27(33)30-16-23-13-24-21(15-29-23)7-8-26(31-24)32-11-9-22(17-32)20-4-3-10-28-14-20/h3-8,10,12-15,22H,9,11,16-17H2,1-2H3,(H,30,33)/t22-/m1/s1. The van der Waals surface area contributed by atoms with Gasteiger partial charge in [0, 0.05) is 54.8 Å². The van der Waals surface area contributed by atoms with Crippen LogP contribution in [0.3, 0.4) is 0 Å². The number of carbonyl (C=O) groups is 1. The van der Waals surface area contributed by atoms with Crippen LogP contribution < -0.4 is 10.2 Å². The number of sulfone groups is 1. The van der Waals surface area contributed by atoms with Crippen molar-refractivity contribution < 1.29 is 13.2 Å². The van der Waals surface area contributed by atoms with Crippen LogP contribution in [0, 0.1) is 6.92 Å². The molecule has 3 aromatic heterocycles. The van der Waals surface area contributed by atoms with Crippen LogP contribution >= 0.6 is 0 Å². The highest BCUT2D eigenvalue weighted by atomic mass is 32.2. The molecule has 9 heteroatoms. The van der Waals surface area contributed by atoms with Crippen molar-refractivity contribution in [1.29, 1.82) is 0 Å². The van der Waals surface area contributed by atoms with Crippen LogP contribution in [0.4, 0.5) is 5.82 Å². The number of fused-ring (bicyclic) bond motifs is 1. The Morgan fingerprint density at radius 3 is 2.78 bits per heavy atom. The molecule has 1 aliphatic rings. The Morgan fingerprint density at radius 2 is 2.00 bits per heavy atom. The molecule has 0 spiro atoms. The van der Waals surface area contributed by atoms with Crippen molar-refractivity contribution in [2.75, 3.05) is 24.2 Å². The van der Waals surface area contributed by atoms with Gasteiger partial charge in [-0.25, -0.2) is 13.4 Å². The average molecular weight is 502 g/mol. The van der Waals surface area contributed by atoms with Crippen LogP contribution in [0.2, 0.25) is 0 Å². The zero-order valence-electron chi connectivity index (χ0n) is 20.2. The summed E-state index contributed by atoms with van der Waals surface area (Å²) in [6.45, 7) is 3.73. The summed E-state index contributed by atoms with van der Waals surface area (Å²) in [4.78, 5) is 28.7. The zero-order chi connectivity index (χ0) is 25.3. The second kappa shape index (κ2) is 9.66. The summed E-state index contributed by atoms with van der Waals surface area (Å²) in [7, 11) is -3.42. The van der Waals surface area contributed by atoms with Crippen molar-refractivity contribution in [3.05, 3.63) is 89.5 Å². The smallest absolute Gasteiger partial charge is 0.251 e. The highest BCUT2D eigenvalue weighted by Crippen LogP contribution is 2.30. The van der Waals surface area contributed by atoms with E-state index in [4.69, 9.17) is 4.98 Å². The molecule has 1 N–H and O–H groups in total. The quantitative estimate of drug-likeness (QED) is 0.430. The summed E-state index contributed by atoms with van der Waals surface area (Å²) in [5, 5.41) is 3.76. The Bertz CT molecular complexity index is 1540. The van der Waals surface area contributed by atoms with Gasteiger partial charge in [0.05, 0.1) is 22.7 Å². The van der Waals surface area contributed by atoms with Crippen LogP contribution in [0.25, 0.3) is 10.9 Å². The number of rotatable bonds is 6. The number of pyridine rings is 3. The molecule has 1 aromatic carbocycles. The molecule has 8 nitrogen and oxygen atoms in total. The van der Waals surface area contributed by atoms with Crippen LogP contribution in [-0.2, 0) is 16.4 Å². The third kappa shape index (κ3) is 5.06. The third-order valence-corrected chi connectivity index (χ3v) is 7.80. The summed E-state index contributed by atoms with van der Waals surface area (Å²) in [6.07, 6.45) is 7.68. The molecule has 0 aliphatic carbocycles. The Kier molecular flexibility index (Phi) is 6.40. The van der Waals surface area contributed by atoms with Crippen molar-refractivity contribution in [2.45, 2.75) is 30.7 Å². The van der Waals surface area contributed by atoms with E-state index in [0.717, 1.165) is 42.5 Å². The molecular formula is C27H27N5O3S. The van der Waals surface area contributed by atoms with Crippen LogP contribution in [-0.4, -0.2) is 48.6 Å². The van der Waals surface area contributed by atoms with Gasteiger partial charge in [-0.05, 0) is 60.9 Å². The molecule has 0 bridgehead atoms. The predicted molar refractivity (Wildman–Crippen MR) is 139 cm³/mol. The Hall–Kier alpha value is -3.85. The first-order chi connectivity index (χ1) is 17.3. The van der Waals surface area contributed by atoms with E-state index >= 15 is 0 Å². The van der Waals surface area contributed by atoms with Gasteiger partial charge < -0.3 is 10.2 Å². The van der Waals surface area contributed by atoms with Gasteiger partial charge in [-0.1, -0.05) is 12.1 Å². The number of carbonyl (C=O) groups excluding carboxylic acids is 1. The molecule has 36 heavy (non-hydrogen) atoms. The lowest BCUT2D eigenvalue weighted by molar-refractivity contribution is 0.0950. The lowest BCUT2D eigenvalue weighted by atomic mass is 10.0. The lowest BCUT2D eigenvalue weighted by Crippen LogP contribution is -2.23. The number of aryl methyl sites for hydroxylation is 1. The van der Waals surface area contributed by atoms with Crippen LogP contribution in [0.15, 0.2) is 72.0 Å². The van der Waals surface area contributed by atoms with Crippen molar-refractivity contribution >= 4 is 32.5 Å². The summed E-state index contributed by atoms with van der Waals surface area (Å²) in [6, 6.07) is 14.7. The molecule has 4 aromatic rings. The molecular weight excluding hydrogens is 474 g/mol. The molecule has 0 unspecified atom stereocenters. The maximum atomic E-state index is 12.7.